The SMILES string of the molecule is CCCCCCCCCCCCCCOS(=O)(=O)[O][In]([O]S(=O)(=O)OCCCCCCCCCCCCCC)[O]S(=O)(=O)OCCCCCCCCCCCCCC. The van der Waals surface area contributed by atoms with Crippen LogP contribution in [0, 0.1) is 0 Å². The van der Waals surface area contributed by atoms with Gasteiger partial charge in [-0.15, -0.1) is 0 Å². The van der Waals surface area contributed by atoms with Gasteiger partial charge in [-0.05, 0) is 0 Å². The predicted octanol–water partition coefficient (Wildman–Crippen LogP) is 12.9. The first kappa shape index (κ1) is 58.5. The standard InChI is InChI=1S/3C14H30O4S.In/c3*1-2-3-4-5-6-7-8-9-10-11-12-13-14-18-19(15,16)17;/h3*2-14H2,1H3,(H,15,16,17);/q;;;+3/p-3. The van der Waals surface area contributed by atoms with Crippen LogP contribution in [-0.4, -0.2) is 67.8 Å². The van der Waals surface area contributed by atoms with E-state index in [1.807, 2.05) is 0 Å². The fraction of sp³-hybridized carbons (Fsp3) is 1.00. The molecule has 0 N–H and O–H groups in total. The smallest absolute Gasteiger partial charge is 0.0654 e. The van der Waals surface area contributed by atoms with E-state index in [2.05, 4.69) is 20.8 Å². The first-order valence-electron chi connectivity index (χ1n) is 23.7. The van der Waals surface area contributed by atoms with Crippen molar-refractivity contribution in [2.75, 3.05) is 19.8 Å². The topological polar surface area (TPSA) is 158 Å². The van der Waals surface area contributed by atoms with Gasteiger partial charge in [0.05, 0.1) is 0 Å². The van der Waals surface area contributed by atoms with Gasteiger partial charge in [-0.2, -0.15) is 0 Å². The molecular formula is C42H87InO12S3. The molecule has 58 heavy (non-hydrogen) atoms. The molecule has 0 unspecified atom stereocenters. The first-order valence-corrected chi connectivity index (χ1v) is 31.7. The van der Waals surface area contributed by atoms with Gasteiger partial charge in [0, 0.05) is 0 Å². The van der Waals surface area contributed by atoms with Gasteiger partial charge in [0.15, 0.2) is 0 Å². The van der Waals surface area contributed by atoms with Crippen LogP contribution in [0.15, 0.2) is 0 Å². The van der Waals surface area contributed by atoms with Gasteiger partial charge in [0.1, 0.15) is 0 Å². The molecule has 0 radical (unpaired) electrons. The van der Waals surface area contributed by atoms with Crippen LogP contribution in [0.3, 0.4) is 0 Å². The van der Waals surface area contributed by atoms with Gasteiger partial charge < -0.3 is 0 Å². The third kappa shape index (κ3) is 43.1. The van der Waals surface area contributed by atoms with Crippen molar-refractivity contribution in [3.05, 3.63) is 0 Å². The second kappa shape index (κ2) is 41.5. The molecule has 0 aromatic heterocycles. The number of hydrogen-bond donors (Lipinski definition) is 0. The molecule has 0 saturated heterocycles. The maximum absolute atomic E-state index is 12.7. The van der Waals surface area contributed by atoms with Gasteiger partial charge >= 0.3 is 273 Å². The quantitative estimate of drug-likeness (QED) is 0.0532. The molecule has 348 valence electrons. The molecule has 0 saturated carbocycles. The number of hydrogen-bond acceptors (Lipinski definition) is 12. The van der Waals surface area contributed by atoms with Crippen LogP contribution in [0.5, 0.6) is 0 Å². The van der Waals surface area contributed by atoms with E-state index in [0.29, 0.717) is 19.3 Å². The summed E-state index contributed by atoms with van der Waals surface area (Å²) >= 11 is -5.42. The van der Waals surface area contributed by atoms with Crippen molar-refractivity contribution >= 4 is 53.9 Å². The molecule has 0 bridgehead atoms. The van der Waals surface area contributed by atoms with Crippen LogP contribution in [0.25, 0.3) is 0 Å². The van der Waals surface area contributed by atoms with E-state index in [1.54, 1.807) is 0 Å². The summed E-state index contributed by atoms with van der Waals surface area (Å²) in [5.74, 6) is 0. The summed E-state index contributed by atoms with van der Waals surface area (Å²) in [6.07, 6.45) is 39.4. The van der Waals surface area contributed by atoms with Crippen LogP contribution in [0.2, 0.25) is 0 Å². The summed E-state index contributed by atoms with van der Waals surface area (Å²) in [6.45, 7) is 6.02. The summed E-state index contributed by atoms with van der Waals surface area (Å²) in [6, 6.07) is 0. The monoisotopic (exact) mass is 994 g/mol. The fourth-order valence-electron chi connectivity index (χ4n) is 6.73. The molecule has 0 rings (SSSR count). The van der Waals surface area contributed by atoms with Crippen molar-refractivity contribution in [3.63, 3.8) is 0 Å². The Kier molecular flexibility index (Phi) is 41.8. The minimum Gasteiger partial charge on any atom is -0.0654 e. The molecule has 0 aromatic carbocycles. The summed E-state index contributed by atoms with van der Waals surface area (Å²) in [4.78, 5) is 0. The van der Waals surface area contributed by atoms with E-state index in [-0.39, 0.29) is 19.8 Å². The Hall–Kier alpha value is 0.480. The molecule has 0 aliphatic heterocycles. The van der Waals surface area contributed by atoms with Gasteiger partial charge in [-0.3, -0.25) is 0 Å². The van der Waals surface area contributed by atoms with Crippen LogP contribution >= 0.6 is 0 Å². The van der Waals surface area contributed by atoms with Crippen molar-refractivity contribution in [3.8, 4) is 0 Å². The van der Waals surface area contributed by atoms with Crippen molar-refractivity contribution in [1.82, 2.24) is 0 Å². The van der Waals surface area contributed by atoms with Crippen molar-refractivity contribution in [1.29, 1.82) is 0 Å². The molecule has 12 nitrogen and oxygen atoms in total. The van der Waals surface area contributed by atoms with Crippen LogP contribution in [0.1, 0.15) is 252 Å². The zero-order valence-electron chi connectivity index (χ0n) is 37.3. The molecule has 0 heterocycles. The van der Waals surface area contributed by atoms with Gasteiger partial charge in [0.25, 0.3) is 0 Å². The third-order valence-corrected chi connectivity index (χ3v) is 22.9. The van der Waals surface area contributed by atoms with E-state index >= 15 is 0 Å². The Labute approximate surface area is 368 Å². The maximum atomic E-state index is 12.7. The van der Waals surface area contributed by atoms with Crippen molar-refractivity contribution in [2.24, 2.45) is 0 Å². The summed E-state index contributed by atoms with van der Waals surface area (Å²) < 4.78 is 105. The number of unbranched alkanes of at least 4 members (excludes halogenated alkanes) is 33. The molecule has 0 atom stereocenters. The molecule has 0 aromatic rings. The van der Waals surface area contributed by atoms with Crippen molar-refractivity contribution < 1.29 is 44.7 Å². The Morgan fingerprint density at radius 1 is 0.259 bits per heavy atom. The van der Waals surface area contributed by atoms with E-state index in [4.69, 9.17) is 19.5 Å². The van der Waals surface area contributed by atoms with E-state index in [0.717, 1.165) is 77.0 Å². The average molecular weight is 995 g/mol. The summed E-state index contributed by atoms with van der Waals surface area (Å²) in [5.41, 5.74) is 0. The van der Waals surface area contributed by atoms with Crippen LogP contribution < -0.4 is 0 Å². The predicted molar refractivity (Wildman–Crippen MR) is 237 cm³/mol. The molecule has 0 spiro atoms. The number of rotatable bonds is 48. The van der Waals surface area contributed by atoms with Gasteiger partial charge in [0.2, 0.25) is 0 Å². The second-order valence-electron chi connectivity index (χ2n) is 15.9. The van der Waals surface area contributed by atoms with Crippen molar-refractivity contribution in [2.45, 2.75) is 252 Å². The minimum absolute atomic E-state index is 0.206. The second-order valence-corrected chi connectivity index (χ2v) is 26.3. The fourth-order valence-corrected chi connectivity index (χ4v) is 17.7. The van der Waals surface area contributed by atoms with Crippen LogP contribution in [-0.2, 0) is 50.6 Å². The van der Waals surface area contributed by atoms with Gasteiger partial charge in [-0.25, -0.2) is 0 Å². The summed E-state index contributed by atoms with van der Waals surface area (Å²) in [7, 11) is -14.5. The molecule has 0 fully saturated rings. The normalized spacial score (nSPS) is 12.5. The zero-order chi connectivity index (χ0) is 42.9. The molecule has 16 heteroatoms. The average Bonchev–Trinajstić information content (AvgIpc) is 3.16. The van der Waals surface area contributed by atoms with Crippen LogP contribution in [0.4, 0.5) is 0 Å². The zero-order valence-corrected chi connectivity index (χ0v) is 43.0. The first-order chi connectivity index (χ1) is 28.0. The Bertz CT molecular complexity index is 1060. The molecule has 0 amide bonds. The third-order valence-electron chi connectivity index (χ3n) is 10.3. The Morgan fingerprint density at radius 3 is 0.586 bits per heavy atom. The molecular weight excluding hydrogens is 907 g/mol. The Balaban J connectivity index is 4.75. The minimum atomic E-state index is -5.42. The van der Waals surface area contributed by atoms with E-state index < -0.39 is 53.9 Å². The molecule has 0 aliphatic carbocycles. The van der Waals surface area contributed by atoms with Gasteiger partial charge in [-0.1, -0.05) is 97.8 Å². The summed E-state index contributed by atoms with van der Waals surface area (Å²) in [5, 5.41) is 0. The van der Waals surface area contributed by atoms with E-state index in [1.165, 1.54) is 135 Å². The van der Waals surface area contributed by atoms with E-state index in [9.17, 15) is 25.3 Å². The molecule has 0 aliphatic rings. The Morgan fingerprint density at radius 2 is 0.414 bits per heavy atom.